The van der Waals surface area contributed by atoms with Crippen LogP contribution >= 0.6 is 15.9 Å². The Morgan fingerprint density at radius 3 is 2.74 bits per heavy atom. The van der Waals surface area contributed by atoms with Crippen LogP contribution in [0.3, 0.4) is 0 Å². The van der Waals surface area contributed by atoms with E-state index in [0.29, 0.717) is 5.92 Å². The first-order valence-electron chi connectivity index (χ1n) is 6.39. The Hall–Kier alpha value is -1.17. The first-order chi connectivity index (χ1) is 8.99. The molecule has 2 atom stereocenters. The second-order valence-electron chi connectivity index (χ2n) is 5.05. The fraction of sp³-hybridized carbons (Fsp3) is 0.538. The van der Waals surface area contributed by atoms with E-state index in [-0.39, 0.29) is 21.9 Å². The lowest BCUT2D eigenvalue weighted by Crippen LogP contribution is -2.30. The first-order valence-corrected chi connectivity index (χ1v) is 7.18. The van der Waals surface area contributed by atoms with Gasteiger partial charge in [-0.1, -0.05) is 19.8 Å². The lowest BCUT2D eigenvalue weighted by atomic mass is 9.86. The number of anilines is 1. The minimum absolute atomic E-state index is 0.0916. The molecule has 0 aliphatic heterocycles. The molecule has 0 radical (unpaired) electrons. The van der Waals surface area contributed by atoms with Crippen molar-refractivity contribution >= 4 is 27.3 Å². The van der Waals surface area contributed by atoms with Gasteiger partial charge in [-0.3, -0.25) is 10.1 Å². The highest BCUT2D eigenvalue weighted by molar-refractivity contribution is 9.10. The number of halogens is 2. The van der Waals surface area contributed by atoms with Gasteiger partial charge in [0.25, 0.3) is 5.69 Å². The van der Waals surface area contributed by atoms with Crippen LogP contribution < -0.4 is 5.32 Å². The summed E-state index contributed by atoms with van der Waals surface area (Å²) in [5.41, 5.74) is 0.176. The van der Waals surface area contributed by atoms with Gasteiger partial charge in [0.2, 0.25) is 0 Å². The predicted molar refractivity (Wildman–Crippen MR) is 75.8 cm³/mol. The van der Waals surface area contributed by atoms with Crippen LogP contribution in [-0.4, -0.2) is 11.0 Å². The smallest absolute Gasteiger partial charge is 0.293 e. The van der Waals surface area contributed by atoms with Crippen LogP contribution in [0.5, 0.6) is 0 Å². The monoisotopic (exact) mass is 330 g/mol. The third-order valence-electron chi connectivity index (χ3n) is 3.69. The molecule has 0 spiro atoms. The van der Waals surface area contributed by atoms with Crippen LogP contribution in [0.15, 0.2) is 16.6 Å². The van der Waals surface area contributed by atoms with Gasteiger partial charge in [0.1, 0.15) is 11.5 Å². The third kappa shape index (κ3) is 3.23. The largest absolute Gasteiger partial charge is 0.376 e. The number of nitrogens with zero attached hydrogens (tertiary/aromatic N) is 1. The van der Waals surface area contributed by atoms with Crippen LogP contribution in [0.1, 0.15) is 32.6 Å². The molecule has 0 saturated heterocycles. The lowest BCUT2D eigenvalue weighted by Gasteiger charge is -2.30. The summed E-state index contributed by atoms with van der Waals surface area (Å²) in [5.74, 6) is -0.0448. The molecule has 4 nitrogen and oxygen atoms in total. The fourth-order valence-electron chi connectivity index (χ4n) is 2.53. The van der Waals surface area contributed by atoms with E-state index in [1.807, 2.05) is 0 Å². The van der Waals surface area contributed by atoms with Crippen molar-refractivity contribution in [2.24, 2.45) is 5.92 Å². The molecule has 1 aliphatic rings. The summed E-state index contributed by atoms with van der Waals surface area (Å²) in [6.45, 7) is 2.12. The highest BCUT2D eigenvalue weighted by Gasteiger charge is 2.25. The Morgan fingerprint density at radius 1 is 1.42 bits per heavy atom. The van der Waals surface area contributed by atoms with Crippen molar-refractivity contribution in [3.63, 3.8) is 0 Å². The SMILES string of the molecule is CC1CCCCC1Nc1cc(F)c(Br)cc1[N+](=O)[O-]. The van der Waals surface area contributed by atoms with E-state index in [4.69, 9.17) is 0 Å². The summed E-state index contributed by atoms with van der Waals surface area (Å²) >= 11 is 2.98. The number of rotatable bonds is 3. The van der Waals surface area contributed by atoms with Gasteiger partial charge in [-0.15, -0.1) is 0 Å². The van der Waals surface area contributed by atoms with E-state index in [9.17, 15) is 14.5 Å². The average Bonchev–Trinajstić information content (AvgIpc) is 2.36. The summed E-state index contributed by atoms with van der Waals surface area (Å²) in [5, 5.41) is 14.2. The van der Waals surface area contributed by atoms with Crippen molar-refractivity contribution in [1.82, 2.24) is 0 Å². The summed E-state index contributed by atoms with van der Waals surface area (Å²) in [4.78, 5) is 10.5. The minimum atomic E-state index is -0.489. The summed E-state index contributed by atoms with van der Waals surface area (Å²) in [6.07, 6.45) is 4.37. The molecule has 1 aromatic rings. The van der Waals surface area contributed by atoms with Crippen molar-refractivity contribution < 1.29 is 9.31 Å². The summed E-state index contributed by atoms with van der Waals surface area (Å²) in [7, 11) is 0. The maximum absolute atomic E-state index is 13.6. The molecule has 1 aliphatic carbocycles. The predicted octanol–water partition coefficient (Wildman–Crippen LogP) is 4.49. The van der Waals surface area contributed by atoms with Gasteiger partial charge in [0.05, 0.1) is 9.40 Å². The quantitative estimate of drug-likeness (QED) is 0.656. The number of nitrogens with one attached hydrogen (secondary N) is 1. The van der Waals surface area contributed by atoms with E-state index in [0.717, 1.165) is 19.3 Å². The normalized spacial score (nSPS) is 23.1. The van der Waals surface area contributed by atoms with Gasteiger partial charge in [-0.05, 0) is 34.7 Å². The molecule has 0 heterocycles. The van der Waals surface area contributed by atoms with Crippen LogP contribution in [0.4, 0.5) is 15.8 Å². The van der Waals surface area contributed by atoms with E-state index in [1.165, 1.54) is 18.6 Å². The Labute approximate surface area is 119 Å². The van der Waals surface area contributed by atoms with Crippen molar-refractivity contribution in [3.05, 3.63) is 32.5 Å². The number of nitro benzene ring substituents is 1. The molecular weight excluding hydrogens is 315 g/mol. The molecule has 19 heavy (non-hydrogen) atoms. The maximum atomic E-state index is 13.6. The lowest BCUT2D eigenvalue weighted by molar-refractivity contribution is -0.384. The van der Waals surface area contributed by atoms with Crippen LogP contribution in [-0.2, 0) is 0 Å². The van der Waals surface area contributed by atoms with Crippen molar-refractivity contribution in [1.29, 1.82) is 0 Å². The van der Waals surface area contributed by atoms with Gasteiger partial charge in [-0.25, -0.2) is 4.39 Å². The van der Waals surface area contributed by atoms with Crippen LogP contribution in [0.25, 0.3) is 0 Å². The number of hydrogen-bond acceptors (Lipinski definition) is 3. The Bertz CT molecular complexity index is 496. The number of benzene rings is 1. The third-order valence-corrected chi connectivity index (χ3v) is 4.30. The number of nitro groups is 1. The van der Waals surface area contributed by atoms with Gasteiger partial charge in [0, 0.05) is 18.2 Å². The Balaban J connectivity index is 2.27. The standard InChI is InChI=1S/C13H16BrFN2O2/c1-8-4-2-3-5-11(8)16-12-7-10(15)9(14)6-13(12)17(18)19/h6-8,11,16H,2-5H2,1H3. The zero-order valence-electron chi connectivity index (χ0n) is 10.7. The molecule has 1 fully saturated rings. The van der Waals surface area contributed by atoms with Crippen LogP contribution in [0.2, 0.25) is 0 Å². The fourth-order valence-corrected chi connectivity index (χ4v) is 2.86. The highest BCUT2D eigenvalue weighted by Crippen LogP contribution is 2.34. The molecule has 0 amide bonds. The zero-order chi connectivity index (χ0) is 14.0. The number of hydrogen-bond donors (Lipinski definition) is 1. The van der Waals surface area contributed by atoms with Crippen molar-refractivity contribution in [2.45, 2.75) is 38.6 Å². The molecule has 104 valence electrons. The molecular formula is C13H16BrFN2O2. The second kappa shape index (κ2) is 5.86. The van der Waals surface area contributed by atoms with E-state index in [1.54, 1.807) is 0 Å². The molecule has 1 saturated carbocycles. The zero-order valence-corrected chi connectivity index (χ0v) is 12.2. The Kier molecular flexibility index (Phi) is 4.39. The van der Waals surface area contributed by atoms with Crippen LogP contribution in [0, 0.1) is 21.8 Å². The minimum Gasteiger partial charge on any atom is -0.376 e. The Morgan fingerprint density at radius 2 is 2.11 bits per heavy atom. The van der Waals surface area contributed by atoms with Gasteiger partial charge < -0.3 is 5.32 Å². The van der Waals surface area contributed by atoms with E-state index >= 15 is 0 Å². The molecule has 2 rings (SSSR count). The van der Waals surface area contributed by atoms with Gasteiger partial charge in [0.15, 0.2) is 0 Å². The van der Waals surface area contributed by atoms with Crippen molar-refractivity contribution in [2.75, 3.05) is 5.32 Å². The maximum Gasteiger partial charge on any atom is 0.293 e. The molecule has 6 heteroatoms. The van der Waals surface area contributed by atoms with Crippen molar-refractivity contribution in [3.8, 4) is 0 Å². The molecule has 1 N–H and O–H groups in total. The molecule has 1 aromatic carbocycles. The summed E-state index contributed by atoms with van der Waals surface area (Å²) < 4.78 is 13.7. The first kappa shape index (κ1) is 14.2. The van der Waals surface area contributed by atoms with Gasteiger partial charge in [-0.2, -0.15) is 0 Å². The topological polar surface area (TPSA) is 55.2 Å². The molecule has 2 unspecified atom stereocenters. The summed E-state index contributed by atoms with van der Waals surface area (Å²) in [6, 6.07) is 2.59. The van der Waals surface area contributed by atoms with E-state index < -0.39 is 10.7 Å². The second-order valence-corrected chi connectivity index (χ2v) is 5.91. The highest BCUT2D eigenvalue weighted by atomic mass is 79.9. The average molecular weight is 331 g/mol. The molecule has 0 aromatic heterocycles. The van der Waals surface area contributed by atoms with E-state index in [2.05, 4.69) is 28.2 Å². The van der Waals surface area contributed by atoms with Gasteiger partial charge >= 0.3 is 0 Å². The molecule has 0 bridgehead atoms.